The summed E-state index contributed by atoms with van der Waals surface area (Å²) in [6.45, 7) is 0.397. The van der Waals surface area contributed by atoms with Gasteiger partial charge < -0.3 is 10.2 Å². The van der Waals surface area contributed by atoms with Crippen molar-refractivity contribution in [1.29, 1.82) is 0 Å². The van der Waals surface area contributed by atoms with Gasteiger partial charge in [-0.2, -0.15) is 0 Å². The molecule has 142 valence electrons. The second-order valence-electron chi connectivity index (χ2n) is 6.97. The number of carbonyl (C=O) groups is 2. The highest BCUT2D eigenvalue weighted by Crippen LogP contribution is 2.29. The molecule has 1 saturated carbocycles. The summed E-state index contributed by atoms with van der Waals surface area (Å²) in [5, 5.41) is 3.29. The highest BCUT2D eigenvalue weighted by atomic mass is 35.5. The monoisotopic (exact) mass is 385 g/mol. The summed E-state index contributed by atoms with van der Waals surface area (Å²) in [5.41, 5.74) is 1.64. The molecule has 2 aromatic rings. The summed E-state index contributed by atoms with van der Waals surface area (Å²) >= 11 is 6.33. The zero-order chi connectivity index (χ0) is 19.2. The van der Waals surface area contributed by atoms with E-state index in [1.807, 2.05) is 19.2 Å². The molecule has 1 fully saturated rings. The number of anilines is 1. The quantitative estimate of drug-likeness (QED) is 0.822. The molecule has 0 unspecified atom stereocenters. The predicted octanol–water partition coefficient (Wildman–Crippen LogP) is 4.53. The Kier molecular flexibility index (Phi) is 6.45. The number of nitrogens with zero attached hydrogens (tertiary/aromatic N) is 2. The maximum Gasteiger partial charge on any atom is 0.274 e. The Hall–Kier alpha value is -2.40. The van der Waals surface area contributed by atoms with Crippen LogP contribution in [0, 0.1) is 5.92 Å². The van der Waals surface area contributed by atoms with E-state index in [4.69, 9.17) is 11.6 Å². The van der Waals surface area contributed by atoms with Gasteiger partial charge in [-0.25, -0.2) is 0 Å². The van der Waals surface area contributed by atoms with Crippen LogP contribution >= 0.6 is 11.6 Å². The largest absolute Gasteiger partial charge is 0.341 e. The number of halogens is 1. The molecule has 2 amide bonds. The third-order valence-corrected chi connectivity index (χ3v) is 5.29. The van der Waals surface area contributed by atoms with E-state index >= 15 is 0 Å². The molecule has 27 heavy (non-hydrogen) atoms. The molecule has 1 heterocycles. The number of hydrogen-bond donors (Lipinski definition) is 1. The average Bonchev–Trinajstić information content (AvgIpc) is 2.71. The number of amides is 2. The number of aromatic nitrogens is 1. The zero-order valence-corrected chi connectivity index (χ0v) is 16.2. The van der Waals surface area contributed by atoms with E-state index in [9.17, 15) is 9.59 Å². The minimum absolute atomic E-state index is 0.106. The molecule has 6 heteroatoms. The second-order valence-corrected chi connectivity index (χ2v) is 7.38. The lowest BCUT2D eigenvalue weighted by Crippen LogP contribution is -2.33. The van der Waals surface area contributed by atoms with Crippen LogP contribution in [0.5, 0.6) is 0 Å². The highest BCUT2D eigenvalue weighted by molar-refractivity contribution is 6.34. The maximum atomic E-state index is 12.7. The standard InChI is InChI=1S/C21H24ClN3O2/c1-25(21(27)15-8-3-2-4-9-15)14-16-10-7-11-17(22)19(16)24-20(26)18-12-5-6-13-23-18/h5-7,10-13,15H,2-4,8-9,14H2,1H3,(H,24,26). The van der Waals surface area contributed by atoms with Crippen molar-refractivity contribution in [2.75, 3.05) is 12.4 Å². The van der Waals surface area contributed by atoms with E-state index < -0.39 is 0 Å². The van der Waals surface area contributed by atoms with Crippen LogP contribution < -0.4 is 5.32 Å². The minimum Gasteiger partial charge on any atom is -0.341 e. The summed E-state index contributed by atoms with van der Waals surface area (Å²) in [6, 6.07) is 10.6. The summed E-state index contributed by atoms with van der Waals surface area (Å²) in [7, 11) is 1.81. The molecule has 1 aliphatic carbocycles. The SMILES string of the molecule is CN(Cc1cccc(Cl)c1NC(=O)c1ccccn1)C(=O)C1CCCCC1. The first-order valence-electron chi connectivity index (χ1n) is 9.31. The molecule has 0 atom stereocenters. The normalized spacial score (nSPS) is 14.6. The molecule has 0 aliphatic heterocycles. The van der Waals surface area contributed by atoms with Gasteiger partial charge in [0.05, 0.1) is 10.7 Å². The van der Waals surface area contributed by atoms with Gasteiger partial charge >= 0.3 is 0 Å². The molecule has 0 saturated heterocycles. The summed E-state index contributed by atoms with van der Waals surface area (Å²) in [6.07, 6.45) is 6.94. The lowest BCUT2D eigenvalue weighted by atomic mass is 9.88. The number of para-hydroxylation sites is 1. The van der Waals surface area contributed by atoms with Gasteiger partial charge in [0.15, 0.2) is 0 Å². The van der Waals surface area contributed by atoms with Crippen LogP contribution in [0.1, 0.15) is 48.2 Å². The first-order valence-corrected chi connectivity index (χ1v) is 9.69. The van der Waals surface area contributed by atoms with Crippen molar-refractivity contribution in [2.45, 2.75) is 38.6 Å². The van der Waals surface area contributed by atoms with Crippen molar-refractivity contribution in [3.8, 4) is 0 Å². The average molecular weight is 386 g/mol. The van der Waals surface area contributed by atoms with Crippen LogP contribution in [0.15, 0.2) is 42.6 Å². The fourth-order valence-electron chi connectivity index (χ4n) is 3.51. The molecular formula is C21H24ClN3O2. The van der Waals surface area contributed by atoms with Gasteiger partial charge in [0.1, 0.15) is 5.69 Å². The fraction of sp³-hybridized carbons (Fsp3) is 0.381. The first-order chi connectivity index (χ1) is 13.1. The van der Waals surface area contributed by atoms with E-state index in [1.165, 1.54) is 6.42 Å². The van der Waals surface area contributed by atoms with Crippen LogP contribution in [-0.2, 0) is 11.3 Å². The van der Waals surface area contributed by atoms with Crippen molar-refractivity contribution in [3.63, 3.8) is 0 Å². The van der Waals surface area contributed by atoms with Crippen molar-refractivity contribution in [3.05, 3.63) is 58.9 Å². The van der Waals surface area contributed by atoms with Gasteiger partial charge in [0, 0.05) is 25.7 Å². The number of carbonyl (C=O) groups excluding carboxylic acids is 2. The molecule has 0 radical (unpaired) electrons. The molecule has 1 aromatic heterocycles. The third-order valence-electron chi connectivity index (χ3n) is 4.97. The van der Waals surface area contributed by atoms with Gasteiger partial charge in [-0.05, 0) is 36.6 Å². The Bertz CT molecular complexity index is 804. The third kappa shape index (κ3) is 4.86. The second kappa shape index (κ2) is 9.00. The van der Waals surface area contributed by atoms with Gasteiger partial charge in [-0.15, -0.1) is 0 Å². The van der Waals surface area contributed by atoms with Crippen molar-refractivity contribution in [2.24, 2.45) is 5.92 Å². The Morgan fingerprint density at radius 2 is 1.93 bits per heavy atom. The predicted molar refractivity (Wildman–Crippen MR) is 107 cm³/mol. The van der Waals surface area contributed by atoms with Crippen LogP contribution in [0.3, 0.4) is 0 Å². The lowest BCUT2D eigenvalue weighted by molar-refractivity contribution is -0.135. The topological polar surface area (TPSA) is 62.3 Å². The number of hydrogen-bond acceptors (Lipinski definition) is 3. The number of nitrogens with one attached hydrogen (secondary N) is 1. The van der Waals surface area contributed by atoms with Crippen LogP contribution in [-0.4, -0.2) is 28.7 Å². The summed E-state index contributed by atoms with van der Waals surface area (Å²) in [5.74, 6) is -0.0580. The molecule has 0 spiro atoms. The number of benzene rings is 1. The molecule has 1 aromatic carbocycles. The fourth-order valence-corrected chi connectivity index (χ4v) is 3.75. The highest BCUT2D eigenvalue weighted by Gasteiger charge is 2.25. The Morgan fingerprint density at radius 3 is 2.63 bits per heavy atom. The number of rotatable bonds is 5. The van der Waals surface area contributed by atoms with Crippen molar-refractivity contribution >= 4 is 29.1 Å². The molecule has 1 aliphatic rings. The minimum atomic E-state index is -0.328. The summed E-state index contributed by atoms with van der Waals surface area (Å²) in [4.78, 5) is 31.0. The lowest BCUT2D eigenvalue weighted by Gasteiger charge is -2.27. The summed E-state index contributed by atoms with van der Waals surface area (Å²) < 4.78 is 0. The van der Waals surface area contributed by atoms with Gasteiger partial charge in [-0.1, -0.05) is 49.1 Å². The van der Waals surface area contributed by atoms with Crippen LogP contribution in [0.4, 0.5) is 5.69 Å². The van der Waals surface area contributed by atoms with Gasteiger partial charge in [0.2, 0.25) is 5.91 Å². The smallest absolute Gasteiger partial charge is 0.274 e. The number of pyridine rings is 1. The van der Waals surface area contributed by atoms with E-state index in [2.05, 4.69) is 10.3 Å². The Labute approximate surface area is 164 Å². The van der Waals surface area contributed by atoms with Gasteiger partial charge in [-0.3, -0.25) is 14.6 Å². The van der Waals surface area contributed by atoms with E-state index in [1.54, 1.807) is 35.4 Å². The molecule has 3 rings (SSSR count). The van der Waals surface area contributed by atoms with Crippen molar-refractivity contribution < 1.29 is 9.59 Å². The van der Waals surface area contributed by atoms with E-state index in [-0.39, 0.29) is 17.7 Å². The van der Waals surface area contributed by atoms with Crippen molar-refractivity contribution in [1.82, 2.24) is 9.88 Å². The molecular weight excluding hydrogens is 362 g/mol. The van der Waals surface area contributed by atoms with Crippen LogP contribution in [0.25, 0.3) is 0 Å². The molecule has 0 bridgehead atoms. The zero-order valence-electron chi connectivity index (χ0n) is 15.5. The van der Waals surface area contributed by atoms with E-state index in [0.717, 1.165) is 31.2 Å². The molecule has 5 nitrogen and oxygen atoms in total. The Balaban J connectivity index is 1.75. The Morgan fingerprint density at radius 1 is 1.15 bits per heavy atom. The maximum absolute atomic E-state index is 12.7. The molecule has 1 N–H and O–H groups in total. The van der Waals surface area contributed by atoms with E-state index in [0.29, 0.717) is 22.9 Å². The van der Waals surface area contributed by atoms with Gasteiger partial charge in [0.25, 0.3) is 5.91 Å². The van der Waals surface area contributed by atoms with Crippen LogP contribution in [0.2, 0.25) is 5.02 Å². The first kappa shape index (κ1) is 19.4.